The van der Waals surface area contributed by atoms with E-state index in [4.69, 9.17) is 10.8 Å². The largest absolute Gasteiger partial charge is 0.480 e. The van der Waals surface area contributed by atoms with Crippen molar-refractivity contribution in [2.45, 2.75) is 19.0 Å². The van der Waals surface area contributed by atoms with Crippen LogP contribution in [0, 0.1) is 0 Å². The number of amides is 1. The van der Waals surface area contributed by atoms with Crippen LogP contribution in [0.2, 0.25) is 0 Å². The van der Waals surface area contributed by atoms with Gasteiger partial charge in [-0.05, 0) is 5.56 Å². The lowest BCUT2D eigenvalue weighted by Crippen LogP contribution is -2.20. The minimum Gasteiger partial charge on any atom is -0.480 e. The van der Waals surface area contributed by atoms with E-state index in [9.17, 15) is 9.59 Å². The first-order valence-electron chi connectivity index (χ1n) is 6.39. The summed E-state index contributed by atoms with van der Waals surface area (Å²) in [5.74, 6) is -1.25. The first-order valence-corrected chi connectivity index (χ1v) is 6.39. The second-order valence-electron chi connectivity index (χ2n) is 4.59. The fourth-order valence-corrected chi connectivity index (χ4v) is 1.88. The lowest BCUT2D eigenvalue weighted by atomic mass is 10.0. The van der Waals surface area contributed by atoms with Crippen molar-refractivity contribution in [1.82, 2.24) is 9.78 Å². The van der Waals surface area contributed by atoms with E-state index >= 15 is 0 Å². The van der Waals surface area contributed by atoms with Gasteiger partial charge in [0.2, 0.25) is 5.91 Å². The molecule has 0 spiro atoms. The molecule has 0 aliphatic carbocycles. The number of aromatic nitrogens is 2. The summed E-state index contributed by atoms with van der Waals surface area (Å²) in [4.78, 5) is 22.4. The molecule has 0 radical (unpaired) electrons. The SMILES string of the molecule is NC(CC(=O)Nc1cnn(CC(=O)O)c1)c1ccccc1. The topological polar surface area (TPSA) is 110 Å². The quantitative estimate of drug-likeness (QED) is 0.734. The third-order valence-corrected chi connectivity index (χ3v) is 2.85. The number of carboxylic acid groups (broad SMARTS) is 1. The van der Waals surface area contributed by atoms with Gasteiger partial charge in [0.1, 0.15) is 6.54 Å². The number of anilines is 1. The number of hydrogen-bond acceptors (Lipinski definition) is 4. The smallest absolute Gasteiger partial charge is 0.325 e. The van der Waals surface area contributed by atoms with E-state index in [1.54, 1.807) is 0 Å². The summed E-state index contributed by atoms with van der Waals surface area (Å²) in [6, 6.07) is 8.95. The Kier molecular flexibility index (Phi) is 4.68. The molecular formula is C14H16N4O3. The summed E-state index contributed by atoms with van der Waals surface area (Å²) in [7, 11) is 0. The van der Waals surface area contributed by atoms with E-state index in [1.807, 2.05) is 30.3 Å². The number of rotatable bonds is 6. The van der Waals surface area contributed by atoms with Gasteiger partial charge in [0, 0.05) is 18.7 Å². The molecule has 0 aliphatic heterocycles. The fraction of sp³-hybridized carbons (Fsp3) is 0.214. The summed E-state index contributed by atoms with van der Waals surface area (Å²) >= 11 is 0. The number of nitrogens with two attached hydrogens (primary N) is 1. The van der Waals surface area contributed by atoms with Crippen molar-refractivity contribution in [1.29, 1.82) is 0 Å². The summed E-state index contributed by atoms with van der Waals surface area (Å²) in [5.41, 5.74) is 7.29. The molecule has 4 N–H and O–H groups in total. The molecule has 1 aromatic carbocycles. The van der Waals surface area contributed by atoms with Gasteiger partial charge in [0.15, 0.2) is 0 Å². The Hall–Kier alpha value is -2.67. The van der Waals surface area contributed by atoms with Crippen LogP contribution < -0.4 is 11.1 Å². The third-order valence-electron chi connectivity index (χ3n) is 2.85. The number of nitrogens with one attached hydrogen (secondary N) is 1. The molecule has 0 fully saturated rings. The van der Waals surface area contributed by atoms with Crippen molar-refractivity contribution in [3.8, 4) is 0 Å². The molecule has 1 aromatic heterocycles. The van der Waals surface area contributed by atoms with E-state index in [2.05, 4.69) is 10.4 Å². The summed E-state index contributed by atoms with van der Waals surface area (Å²) in [6.07, 6.45) is 2.99. The highest BCUT2D eigenvalue weighted by molar-refractivity contribution is 5.90. The zero-order valence-electron chi connectivity index (χ0n) is 11.3. The van der Waals surface area contributed by atoms with Gasteiger partial charge in [-0.3, -0.25) is 14.3 Å². The Labute approximate surface area is 121 Å². The lowest BCUT2D eigenvalue weighted by Gasteiger charge is -2.11. The van der Waals surface area contributed by atoms with Gasteiger partial charge in [-0.15, -0.1) is 0 Å². The van der Waals surface area contributed by atoms with Crippen molar-refractivity contribution >= 4 is 17.6 Å². The molecule has 0 saturated heterocycles. The molecular weight excluding hydrogens is 272 g/mol. The van der Waals surface area contributed by atoms with E-state index in [0.29, 0.717) is 5.69 Å². The molecule has 1 unspecified atom stereocenters. The maximum absolute atomic E-state index is 11.9. The van der Waals surface area contributed by atoms with E-state index < -0.39 is 5.97 Å². The van der Waals surface area contributed by atoms with E-state index in [0.717, 1.165) is 5.56 Å². The van der Waals surface area contributed by atoms with Gasteiger partial charge in [0.05, 0.1) is 11.9 Å². The van der Waals surface area contributed by atoms with Crippen LogP contribution in [0.4, 0.5) is 5.69 Å². The summed E-state index contributed by atoms with van der Waals surface area (Å²) < 4.78 is 1.23. The van der Waals surface area contributed by atoms with E-state index in [1.165, 1.54) is 17.1 Å². The molecule has 0 aliphatic rings. The van der Waals surface area contributed by atoms with Gasteiger partial charge in [-0.25, -0.2) is 0 Å². The van der Waals surface area contributed by atoms with Crippen LogP contribution >= 0.6 is 0 Å². The van der Waals surface area contributed by atoms with Gasteiger partial charge in [0.25, 0.3) is 0 Å². The fourth-order valence-electron chi connectivity index (χ4n) is 1.88. The number of benzene rings is 1. The summed E-state index contributed by atoms with van der Waals surface area (Å²) in [6.45, 7) is -0.251. The number of carbonyl (C=O) groups excluding carboxylic acids is 1. The molecule has 2 aromatic rings. The molecule has 7 heteroatoms. The Morgan fingerprint density at radius 1 is 1.33 bits per heavy atom. The number of hydrogen-bond donors (Lipinski definition) is 3. The van der Waals surface area contributed by atoms with Gasteiger partial charge in [-0.1, -0.05) is 30.3 Å². The van der Waals surface area contributed by atoms with Gasteiger partial charge >= 0.3 is 5.97 Å². The second kappa shape index (κ2) is 6.67. The van der Waals surface area contributed by atoms with Crippen LogP contribution in [0.3, 0.4) is 0 Å². The van der Waals surface area contributed by atoms with Crippen molar-refractivity contribution < 1.29 is 14.7 Å². The Balaban J connectivity index is 1.89. The minimum atomic E-state index is -0.998. The summed E-state index contributed by atoms with van der Waals surface area (Å²) in [5, 5.41) is 15.1. The predicted octanol–water partition coefficient (Wildman–Crippen LogP) is 0.996. The first kappa shape index (κ1) is 14.7. The maximum Gasteiger partial charge on any atom is 0.325 e. The zero-order chi connectivity index (χ0) is 15.2. The number of carbonyl (C=O) groups is 2. The molecule has 1 heterocycles. The average molecular weight is 288 g/mol. The van der Waals surface area contributed by atoms with Crippen LogP contribution in [0.5, 0.6) is 0 Å². The van der Waals surface area contributed by atoms with Crippen LogP contribution in [-0.2, 0) is 16.1 Å². The van der Waals surface area contributed by atoms with Crippen LogP contribution in [0.15, 0.2) is 42.7 Å². The van der Waals surface area contributed by atoms with Gasteiger partial charge in [-0.2, -0.15) is 5.10 Å². The first-order chi connectivity index (χ1) is 10.0. The van der Waals surface area contributed by atoms with Crippen molar-refractivity contribution in [3.63, 3.8) is 0 Å². The molecule has 1 atom stereocenters. The monoisotopic (exact) mass is 288 g/mol. The third kappa shape index (κ3) is 4.43. The van der Waals surface area contributed by atoms with E-state index in [-0.39, 0.29) is 24.9 Å². The molecule has 1 amide bonds. The Bertz CT molecular complexity index is 624. The normalized spacial score (nSPS) is 11.9. The molecule has 0 saturated carbocycles. The molecule has 0 bridgehead atoms. The molecule has 7 nitrogen and oxygen atoms in total. The highest BCUT2D eigenvalue weighted by atomic mass is 16.4. The molecule has 2 rings (SSSR count). The highest BCUT2D eigenvalue weighted by Crippen LogP contribution is 2.14. The lowest BCUT2D eigenvalue weighted by molar-refractivity contribution is -0.137. The predicted molar refractivity (Wildman–Crippen MR) is 76.5 cm³/mol. The highest BCUT2D eigenvalue weighted by Gasteiger charge is 2.12. The maximum atomic E-state index is 11.9. The van der Waals surface area contributed by atoms with Crippen molar-refractivity contribution in [3.05, 3.63) is 48.3 Å². The second-order valence-corrected chi connectivity index (χ2v) is 4.59. The molecule has 21 heavy (non-hydrogen) atoms. The number of carboxylic acids is 1. The Morgan fingerprint density at radius 2 is 2.05 bits per heavy atom. The number of aliphatic carboxylic acids is 1. The zero-order valence-corrected chi connectivity index (χ0v) is 11.3. The van der Waals surface area contributed by atoms with Gasteiger partial charge < -0.3 is 16.2 Å². The van der Waals surface area contributed by atoms with Crippen LogP contribution in [0.1, 0.15) is 18.0 Å². The standard InChI is InChI=1S/C14H16N4O3/c15-12(10-4-2-1-3-5-10)6-13(19)17-11-7-16-18(8-11)9-14(20)21/h1-5,7-8,12H,6,9,15H2,(H,17,19)(H,20,21). The molecule has 110 valence electrons. The van der Waals surface area contributed by atoms with Crippen molar-refractivity contribution in [2.75, 3.05) is 5.32 Å². The van der Waals surface area contributed by atoms with Crippen LogP contribution in [0.25, 0.3) is 0 Å². The average Bonchev–Trinajstić information content (AvgIpc) is 2.85. The Morgan fingerprint density at radius 3 is 2.71 bits per heavy atom. The van der Waals surface area contributed by atoms with Crippen molar-refractivity contribution in [2.24, 2.45) is 5.73 Å². The minimum absolute atomic E-state index is 0.133. The number of nitrogens with zero attached hydrogens (tertiary/aromatic N) is 2. The van der Waals surface area contributed by atoms with Crippen LogP contribution in [-0.4, -0.2) is 26.8 Å².